The number of carbonyl (C=O) groups excluding carboxylic acids is 1. The molecule has 3 rings (SSSR count). The third-order valence-electron chi connectivity index (χ3n) is 3.78. The van der Waals surface area contributed by atoms with Gasteiger partial charge in [0, 0.05) is 18.2 Å². The van der Waals surface area contributed by atoms with Gasteiger partial charge in [-0.05, 0) is 43.0 Å². The number of amides is 1. The van der Waals surface area contributed by atoms with Crippen LogP contribution < -0.4 is 11.1 Å². The molecule has 1 aromatic carbocycles. The summed E-state index contributed by atoms with van der Waals surface area (Å²) in [6.45, 7) is 0.431. The molecule has 1 unspecified atom stereocenters. The fourth-order valence-corrected chi connectivity index (χ4v) is 2.41. The smallest absolute Gasteiger partial charge is 0.255 e. The number of hydrogen-bond donors (Lipinski definition) is 3. The molecule has 1 atom stereocenters. The van der Waals surface area contributed by atoms with Gasteiger partial charge in [-0.15, -0.1) is 12.4 Å². The van der Waals surface area contributed by atoms with Crippen LogP contribution in [0.5, 0.6) is 0 Å². The van der Waals surface area contributed by atoms with Crippen LogP contribution in [0.3, 0.4) is 0 Å². The minimum absolute atomic E-state index is 0. The van der Waals surface area contributed by atoms with Gasteiger partial charge in [0.2, 0.25) is 0 Å². The zero-order valence-electron chi connectivity index (χ0n) is 11.9. The lowest BCUT2D eigenvalue weighted by Crippen LogP contribution is -2.41. The minimum Gasteiger partial charge on any atom is -0.348 e. The third-order valence-corrected chi connectivity index (χ3v) is 3.78. The quantitative estimate of drug-likeness (QED) is 0.787. The van der Waals surface area contributed by atoms with Crippen molar-refractivity contribution in [2.45, 2.75) is 18.9 Å². The van der Waals surface area contributed by atoms with Gasteiger partial charge >= 0.3 is 0 Å². The molecule has 22 heavy (non-hydrogen) atoms. The molecular weight excluding hydrogens is 307 g/mol. The summed E-state index contributed by atoms with van der Waals surface area (Å²) >= 11 is 0. The molecule has 1 aliphatic carbocycles. The van der Waals surface area contributed by atoms with Crippen LogP contribution in [0.15, 0.2) is 30.5 Å². The fraction of sp³-hybridized carbons (Fsp3) is 0.333. The van der Waals surface area contributed by atoms with Crippen molar-refractivity contribution in [1.29, 1.82) is 0 Å². The molecule has 1 amide bonds. The van der Waals surface area contributed by atoms with E-state index < -0.39 is 0 Å². The van der Waals surface area contributed by atoms with Crippen molar-refractivity contribution in [3.63, 3.8) is 0 Å². The molecule has 1 fully saturated rings. The SMILES string of the molecule is Cl.NCC(NC(=O)c1cn[nH]c1-c1ccc(F)cc1)C1CC1. The van der Waals surface area contributed by atoms with E-state index in [1.54, 1.807) is 12.1 Å². The van der Waals surface area contributed by atoms with Crippen LogP contribution in [0.2, 0.25) is 0 Å². The third kappa shape index (κ3) is 3.45. The summed E-state index contributed by atoms with van der Waals surface area (Å²) in [7, 11) is 0. The predicted octanol–water partition coefficient (Wildman–Crippen LogP) is 2.10. The molecule has 7 heteroatoms. The van der Waals surface area contributed by atoms with Crippen LogP contribution in [0, 0.1) is 11.7 Å². The Hall–Kier alpha value is -1.92. The van der Waals surface area contributed by atoms with Gasteiger partial charge in [-0.25, -0.2) is 4.39 Å². The average Bonchev–Trinajstić information content (AvgIpc) is 3.21. The zero-order chi connectivity index (χ0) is 14.8. The first kappa shape index (κ1) is 16.5. The summed E-state index contributed by atoms with van der Waals surface area (Å²) in [5, 5.41) is 9.67. The van der Waals surface area contributed by atoms with E-state index in [2.05, 4.69) is 15.5 Å². The highest BCUT2D eigenvalue weighted by Crippen LogP contribution is 2.32. The van der Waals surface area contributed by atoms with Gasteiger partial charge in [-0.1, -0.05) is 0 Å². The molecule has 118 valence electrons. The normalized spacial score (nSPS) is 15.0. The Morgan fingerprint density at radius 3 is 2.68 bits per heavy atom. The topological polar surface area (TPSA) is 83.8 Å². The first-order valence-corrected chi connectivity index (χ1v) is 6.99. The van der Waals surface area contributed by atoms with E-state index in [4.69, 9.17) is 5.73 Å². The average molecular weight is 325 g/mol. The lowest BCUT2D eigenvalue weighted by atomic mass is 10.1. The number of nitrogens with two attached hydrogens (primary N) is 1. The lowest BCUT2D eigenvalue weighted by molar-refractivity contribution is 0.0934. The van der Waals surface area contributed by atoms with E-state index in [0.717, 1.165) is 18.4 Å². The molecular formula is C15H18ClFN4O. The van der Waals surface area contributed by atoms with E-state index in [1.165, 1.54) is 18.3 Å². The maximum Gasteiger partial charge on any atom is 0.255 e. The van der Waals surface area contributed by atoms with E-state index >= 15 is 0 Å². The van der Waals surface area contributed by atoms with Crippen LogP contribution >= 0.6 is 12.4 Å². The molecule has 1 saturated carbocycles. The Kier molecular flexibility index (Phi) is 5.15. The van der Waals surface area contributed by atoms with Crippen LogP contribution in [0.1, 0.15) is 23.2 Å². The van der Waals surface area contributed by atoms with Gasteiger partial charge < -0.3 is 11.1 Å². The highest BCUT2D eigenvalue weighted by atomic mass is 35.5. The number of halogens is 2. The van der Waals surface area contributed by atoms with Crippen LogP contribution in [-0.2, 0) is 0 Å². The first-order chi connectivity index (χ1) is 10.2. The van der Waals surface area contributed by atoms with Gasteiger partial charge in [0.15, 0.2) is 0 Å². The number of carbonyl (C=O) groups is 1. The molecule has 4 N–H and O–H groups in total. The van der Waals surface area contributed by atoms with Crippen LogP contribution in [0.25, 0.3) is 11.3 Å². The van der Waals surface area contributed by atoms with Crippen molar-refractivity contribution in [3.8, 4) is 11.3 Å². The second kappa shape index (κ2) is 6.89. The van der Waals surface area contributed by atoms with Gasteiger partial charge in [0.1, 0.15) is 5.82 Å². The van der Waals surface area contributed by atoms with Crippen molar-refractivity contribution in [2.75, 3.05) is 6.54 Å². The monoisotopic (exact) mass is 324 g/mol. The molecule has 0 aliphatic heterocycles. The Morgan fingerprint density at radius 2 is 2.09 bits per heavy atom. The van der Waals surface area contributed by atoms with Crippen LogP contribution in [-0.4, -0.2) is 28.7 Å². The summed E-state index contributed by atoms with van der Waals surface area (Å²) in [6.07, 6.45) is 3.70. The highest BCUT2D eigenvalue weighted by Gasteiger charge is 2.32. The maximum absolute atomic E-state index is 13.0. The summed E-state index contributed by atoms with van der Waals surface area (Å²) < 4.78 is 13.0. The molecule has 1 heterocycles. The Bertz CT molecular complexity index is 639. The standard InChI is InChI=1S/C15H17FN4O.ClH/c16-11-5-3-10(4-6-11)14-12(8-18-20-14)15(21)19-13(7-17)9-1-2-9;/h3-6,8-9,13H,1-2,7,17H2,(H,18,20)(H,19,21);1H. The Balaban J connectivity index is 0.00000176. The second-order valence-corrected chi connectivity index (χ2v) is 5.32. The first-order valence-electron chi connectivity index (χ1n) is 6.99. The maximum atomic E-state index is 13.0. The molecule has 1 aliphatic rings. The van der Waals surface area contributed by atoms with Crippen molar-refractivity contribution in [2.24, 2.45) is 11.7 Å². The largest absolute Gasteiger partial charge is 0.348 e. The molecule has 0 bridgehead atoms. The minimum atomic E-state index is -0.318. The Labute approximate surface area is 133 Å². The molecule has 1 aromatic heterocycles. The van der Waals surface area contributed by atoms with Crippen molar-refractivity contribution in [3.05, 3.63) is 41.8 Å². The number of rotatable bonds is 5. The van der Waals surface area contributed by atoms with E-state index in [-0.39, 0.29) is 30.2 Å². The van der Waals surface area contributed by atoms with Gasteiger partial charge in [0.25, 0.3) is 5.91 Å². The summed E-state index contributed by atoms with van der Waals surface area (Å²) in [5.74, 6) is -0.0354. The zero-order valence-corrected chi connectivity index (χ0v) is 12.7. The summed E-state index contributed by atoms with van der Waals surface area (Å²) in [5.41, 5.74) is 7.45. The van der Waals surface area contributed by atoms with Crippen LogP contribution in [0.4, 0.5) is 4.39 Å². The predicted molar refractivity (Wildman–Crippen MR) is 84.3 cm³/mol. The second-order valence-electron chi connectivity index (χ2n) is 5.32. The summed E-state index contributed by atoms with van der Waals surface area (Å²) in [4.78, 5) is 12.4. The van der Waals surface area contributed by atoms with E-state index in [0.29, 0.717) is 23.7 Å². The van der Waals surface area contributed by atoms with E-state index in [9.17, 15) is 9.18 Å². The van der Waals surface area contributed by atoms with Crippen molar-refractivity contribution in [1.82, 2.24) is 15.5 Å². The number of hydrogen-bond acceptors (Lipinski definition) is 3. The van der Waals surface area contributed by atoms with Gasteiger partial charge in [-0.3, -0.25) is 9.89 Å². The molecule has 0 radical (unpaired) electrons. The summed E-state index contributed by atoms with van der Waals surface area (Å²) in [6, 6.07) is 5.94. The lowest BCUT2D eigenvalue weighted by Gasteiger charge is -2.15. The molecule has 0 saturated heterocycles. The fourth-order valence-electron chi connectivity index (χ4n) is 2.41. The Morgan fingerprint density at radius 1 is 1.41 bits per heavy atom. The number of H-pyrrole nitrogens is 1. The number of aromatic amines is 1. The number of nitrogens with one attached hydrogen (secondary N) is 2. The number of nitrogens with zero attached hydrogens (tertiary/aromatic N) is 1. The van der Waals surface area contributed by atoms with E-state index in [1.807, 2.05) is 0 Å². The van der Waals surface area contributed by atoms with Gasteiger partial charge in [0.05, 0.1) is 17.5 Å². The number of aromatic nitrogens is 2. The van der Waals surface area contributed by atoms with Crippen molar-refractivity contribution >= 4 is 18.3 Å². The molecule has 5 nitrogen and oxygen atoms in total. The van der Waals surface area contributed by atoms with Crippen molar-refractivity contribution < 1.29 is 9.18 Å². The van der Waals surface area contributed by atoms with Gasteiger partial charge in [-0.2, -0.15) is 5.10 Å². The molecule has 0 spiro atoms. The molecule has 2 aromatic rings. The number of benzene rings is 1. The highest BCUT2D eigenvalue weighted by molar-refractivity contribution is 5.99.